The number of fused-ring (bicyclic) bond motifs is 1. The summed E-state index contributed by atoms with van der Waals surface area (Å²) in [6.07, 6.45) is 2.08. The molecule has 0 aromatic heterocycles. The van der Waals surface area contributed by atoms with E-state index in [0.717, 1.165) is 26.2 Å². The lowest BCUT2D eigenvalue weighted by Crippen LogP contribution is -2.52. The predicted molar refractivity (Wildman–Crippen MR) is 58.7 cm³/mol. The number of nitrogens with zero attached hydrogens (tertiary/aromatic N) is 1. The van der Waals surface area contributed by atoms with Gasteiger partial charge in [-0.3, -0.25) is 4.90 Å². The third kappa shape index (κ3) is 2.42. The van der Waals surface area contributed by atoms with Crippen molar-refractivity contribution >= 4 is 11.8 Å². The average Bonchev–Trinajstić information content (AvgIpc) is 2.26. The lowest BCUT2D eigenvalue weighted by Gasteiger charge is -2.43. The zero-order valence-electron chi connectivity index (χ0n) is 8.52. The first kappa shape index (κ1) is 10.7. The highest BCUT2D eigenvalue weighted by atomic mass is 32.2. The Balaban J connectivity index is 1.88. The van der Waals surface area contributed by atoms with Crippen molar-refractivity contribution in [2.24, 2.45) is 0 Å². The Bertz CT molecular complexity index is 178. The van der Waals surface area contributed by atoms with Crippen LogP contribution in [0.2, 0.25) is 0 Å². The highest BCUT2D eigenvalue weighted by molar-refractivity contribution is 8.00. The molecule has 0 aliphatic carbocycles. The van der Waals surface area contributed by atoms with Crippen LogP contribution in [0.4, 0.5) is 0 Å². The summed E-state index contributed by atoms with van der Waals surface area (Å²) in [7, 11) is 0. The number of aliphatic hydroxyl groups excluding tert-OH is 1. The molecule has 2 heterocycles. The van der Waals surface area contributed by atoms with Crippen LogP contribution in [-0.4, -0.2) is 60.0 Å². The number of hydrogen-bond acceptors (Lipinski definition) is 4. The molecule has 2 aliphatic rings. The van der Waals surface area contributed by atoms with Gasteiger partial charge < -0.3 is 9.84 Å². The molecule has 4 heteroatoms. The molecule has 2 aliphatic heterocycles. The molecule has 14 heavy (non-hydrogen) atoms. The first-order valence-corrected chi connectivity index (χ1v) is 6.51. The Labute approximate surface area is 89.8 Å². The lowest BCUT2D eigenvalue weighted by molar-refractivity contribution is 0.0361. The summed E-state index contributed by atoms with van der Waals surface area (Å²) < 4.78 is 5.49. The first-order valence-electron chi connectivity index (χ1n) is 5.46. The van der Waals surface area contributed by atoms with Crippen molar-refractivity contribution in [3.63, 3.8) is 0 Å². The smallest absolute Gasteiger partial charge is 0.0600 e. The summed E-state index contributed by atoms with van der Waals surface area (Å²) in [5, 5.41) is 9.51. The lowest BCUT2D eigenvalue weighted by atomic mass is 10.1. The van der Waals surface area contributed by atoms with Crippen molar-refractivity contribution in [3.05, 3.63) is 0 Å². The maximum Gasteiger partial charge on any atom is 0.0600 e. The van der Waals surface area contributed by atoms with Gasteiger partial charge in [-0.1, -0.05) is 0 Å². The molecular weight excluding hydrogens is 198 g/mol. The molecule has 2 rings (SSSR count). The zero-order valence-corrected chi connectivity index (χ0v) is 9.34. The monoisotopic (exact) mass is 217 g/mol. The van der Waals surface area contributed by atoms with E-state index >= 15 is 0 Å². The minimum atomic E-state index is 0.317. The van der Waals surface area contributed by atoms with E-state index in [2.05, 4.69) is 16.7 Å². The molecule has 0 bridgehead atoms. The zero-order chi connectivity index (χ0) is 9.80. The van der Waals surface area contributed by atoms with Crippen molar-refractivity contribution in [1.82, 2.24) is 4.90 Å². The number of thioether (sulfide) groups is 1. The summed E-state index contributed by atoms with van der Waals surface area (Å²) in [5.41, 5.74) is 0. The molecule has 0 aromatic rings. The Morgan fingerprint density at radius 1 is 1.50 bits per heavy atom. The maximum absolute atomic E-state index is 8.84. The van der Waals surface area contributed by atoms with E-state index in [1.54, 1.807) is 0 Å². The average molecular weight is 217 g/mol. The fourth-order valence-corrected chi connectivity index (χ4v) is 3.68. The van der Waals surface area contributed by atoms with E-state index in [4.69, 9.17) is 9.84 Å². The number of hydrogen-bond donors (Lipinski definition) is 1. The van der Waals surface area contributed by atoms with E-state index in [9.17, 15) is 0 Å². The predicted octanol–water partition coefficient (Wildman–Crippen LogP) is 0.575. The van der Waals surface area contributed by atoms with Gasteiger partial charge in [-0.15, -0.1) is 0 Å². The second-order valence-electron chi connectivity index (χ2n) is 3.95. The third-order valence-electron chi connectivity index (χ3n) is 3.05. The standard InChI is InChI=1S/C10H19NO2S/c12-5-1-3-11-4-7-14-10-8-13-6-2-9(10)11/h9-10,12H,1-8H2. The number of rotatable bonds is 3. The Morgan fingerprint density at radius 3 is 3.29 bits per heavy atom. The number of aliphatic hydroxyl groups is 1. The molecule has 2 fully saturated rings. The van der Waals surface area contributed by atoms with Crippen molar-refractivity contribution in [2.75, 3.05) is 38.7 Å². The summed E-state index contributed by atoms with van der Waals surface area (Å²) in [6.45, 7) is 4.39. The van der Waals surface area contributed by atoms with Crippen molar-refractivity contribution in [2.45, 2.75) is 24.1 Å². The molecule has 1 N–H and O–H groups in total. The fraction of sp³-hybridized carbons (Fsp3) is 1.00. The molecule has 82 valence electrons. The Kier molecular flexibility index (Phi) is 4.10. The molecular formula is C10H19NO2S. The van der Waals surface area contributed by atoms with Gasteiger partial charge in [-0.05, 0) is 12.8 Å². The van der Waals surface area contributed by atoms with E-state index in [1.807, 2.05) is 0 Å². The first-order chi connectivity index (χ1) is 6.92. The molecule has 2 atom stereocenters. The largest absolute Gasteiger partial charge is 0.396 e. The summed E-state index contributed by atoms with van der Waals surface area (Å²) in [4.78, 5) is 2.54. The Morgan fingerprint density at radius 2 is 2.43 bits per heavy atom. The second-order valence-corrected chi connectivity index (χ2v) is 5.30. The summed E-state index contributed by atoms with van der Waals surface area (Å²) in [5.74, 6) is 1.22. The van der Waals surface area contributed by atoms with Crippen LogP contribution in [0.3, 0.4) is 0 Å². The van der Waals surface area contributed by atoms with Crippen LogP contribution in [-0.2, 0) is 4.74 Å². The second kappa shape index (κ2) is 5.35. The van der Waals surface area contributed by atoms with Crippen LogP contribution < -0.4 is 0 Å². The highest BCUT2D eigenvalue weighted by Gasteiger charge is 2.33. The van der Waals surface area contributed by atoms with Crippen LogP contribution in [0.1, 0.15) is 12.8 Å². The van der Waals surface area contributed by atoms with E-state index < -0.39 is 0 Å². The van der Waals surface area contributed by atoms with Crippen LogP contribution in [0.15, 0.2) is 0 Å². The van der Waals surface area contributed by atoms with Gasteiger partial charge in [0.15, 0.2) is 0 Å². The van der Waals surface area contributed by atoms with Crippen LogP contribution >= 0.6 is 11.8 Å². The van der Waals surface area contributed by atoms with Crippen LogP contribution in [0, 0.1) is 0 Å². The van der Waals surface area contributed by atoms with Crippen LogP contribution in [0.25, 0.3) is 0 Å². The molecule has 2 unspecified atom stereocenters. The van der Waals surface area contributed by atoms with E-state index in [0.29, 0.717) is 17.9 Å². The minimum absolute atomic E-state index is 0.317. The van der Waals surface area contributed by atoms with Gasteiger partial charge in [0.2, 0.25) is 0 Å². The third-order valence-corrected chi connectivity index (χ3v) is 4.35. The number of ether oxygens (including phenoxy) is 1. The molecule has 0 amide bonds. The summed E-state index contributed by atoms with van der Waals surface area (Å²) in [6, 6.07) is 0.703. The van der Waals surface area contributed by atoms with Crippen molar-refractivity contribution in [3.8, 4) is 0 Å². The maximum atomic E-state index is 8.84. The highest BCUT2D eigenvalue weighted by Crippen LogP contribution is 2.29. The molecule has 3 nitrogen and oxygen atoms in total. The van der Waals surface area contributed by atoms with Crippen molar-refractivity contribution < 1.29 is 9.84 Å². The quantitative estimate of drug-likeness (QED) is 0.749. The van der Waals surface area contributed by atoms with Crippen molar-refractivity contribution in [1.29, 1.82) is 0 Å². The van der Waals surface area contributed by atoms with E-state index in [1.165, 1.54) is 18.7 Å². The van der Waals surface area contributed by atoms with E-state index in [-0.39, 0.29) is 0 Å². The SMILES string of the molecule is OCCCN1CCSC2COCCC21. The summed E-state index contributed by atoms with van der Waals surface area (Å²) >= 11 is 2.06. The van der Waals surface area contributed by atoms with Gasteiger partial charge in [-0.2, -0.15) is 11.8 Å². The van der Waals surface area contributed by atoms with Gasteiger partial charge in [0, 0.05) is 43.3 Å². The van der Waals surface area contributed by atoms with Gasteiger partial charge in [-0.25, -0.2) is 0 Å². The van der Waals surface area contributed by atoms with Gasteiger partial charge in [0.1, 0.15) is 0 Å². The molecule has 2 saturated heterocycles. The molecule has 0 radical (unpaired) electrons. The molecule has 0 saturated carbocycles. The molecule has 0 spiro atoms. The topological polar surface area (TPSA) is 32.7 Å². The van der Waals surface area contributed by atoms with Gasteiger partial charge in [0.25, 0.3) is 0 Å². The van der Waals surface area contributed by atoms with Crippen LogP contribution in [0.5, 0.6) is 0 Å². The van der Waals surface area contributed by atoms with Gasteiger partial charge in [0.05, 0.1) is 6.61 Å². The fourth-order valence-electron chi connectivity index (χ4n) is 2.32. The minimum Gasteiger partial charge on any atom is -0.396 e. The normalized spacial score (nSPS) is 34.1. The molecule has 0 aromatic carbocycles. The van der Waals surface area contributed by atoms with Gasteiger partial charge >= 0.3 is 0 Å². The Hall–Kier alpha value is 0.230.